The van der Waals surface area contributed by atoms with Gasteiger partial charge in [0.2, 0.25) is 0 Å². The summed E-state index contributed by atoms with van der Waals surface area (Å²) < 4.78 is 6.89. The summed E-state index contributed by atoms with van der Waals surface area (Å²) in [7, 11) is 1.79. The highest BCUT2D eigenvalue weighted by molar-refractivity contribution is 5.91. The van der Waals surface area contributed by atoms with Gasteiger partial charge in [0, 0.05) is 33.2 Å². The van der Waals surface area contributed by atoms with E-state index in [1.165, 1.54) is 6.26 Å². The Hall–Kier alpha value is -2.93. The lowest BCUT2D eigenvalue weighted by molar-refractivity contribution is 0.0522. The minimum absolute atomic E-state index is 0.0225. The highest BCUT2D eigenvalue weighted by Gasteiger charge is 2.29. The molecule has 1 atom stereocenters. The molecular formula is C21H24N4O3. The van der Waals surface area contributed by atoms with Crippen molar-refractivity contribution in [1.82, 2.24) is 19.4 Å². The first-order valence-corrected chi connectivity index (χ1v) is 9.62. The van der Waals surface area contributed by atoms with Crippen LogP contribution in [-0.4, -0.2) is 51.4 Å². The molecule has 0 bridgehead atoms. The zero-order valence-electron chi connectivity index (χ0n) is 16.2. The summed E-state index contributed by atoms with van der Waals surface area (Å²) in [6.45, 7) is 4.81. The van der Waals surface area contributed by atoms with Crippen molar-refractivity contribution in [1.29, 1.82) is 0 Å². The third kappa shape index (κ3) is 3.22. The van der Waals surface area contributed by atoms with Crippen molar-refractivity contribution in [2.75, 3.05) is 26.2 Å². The number of amides is 1. The number of hydrogen-bond donors (Lipinski definition) is 0. The number of aromatic nitrogens is 2. The number of carbonyl (C=O) groups excluding carboxylic acids is 1. The molecule has 1 unspecified atom stereocenters. The van der Waals surface area contributed by atoms with E-state index in [9.17, 15) is 9.59 Å². The summed E-state index contributed by atoms with van der Waals surface area (Å²) >= 11 is 0. The second-order valence-corrected chi connectivity index (χ2v) is 7.08. The Kier molecular flexibility index (Phi) is 5.00. The molecule has 0 saturated carbocycles. The van der Waals surface area contributed by atoms with Crippen LogP contribution in [0.5, 0.6) is 0 Å². The Morgan fingerprint density at radius 1 is 1.14 bits per heavy atom. The first-order valence-electron chi connectivity index (χ1n) is 9.62. The van der Waals surface area contributed by atoms with Gasteiger partial charge in [0.1, 0.15) is 5.82 Å². The van der Waals surface area contributed by atoms with Gasteiger partial charge in [0.05, 0.1) is 23.2 Å². The number of carbonyl (C=O) groups is 1. The molecule has 1 aliphatic rings. The van der Waals surface area contributed by atoms with Crippen LogP contribution in [0.25, 0.3) is 10.9 Å². The molecule has 0 spiro atoms. The van der Waals surface area contributed by atoms with Gasteiger partial charge in [-0.25, -0.2) is 4.98 Å². The van der Waals surface area contributed by atoms with Gasteiger partial charge >= 0.3 is 0 Å². The largest absolute Gasteiger partial charge is 0.459 e. The van der Waals surface area contributed by atoms with Crippen molar-refractivity contribution >= 4 is 16.8 Å². The topological polar surface area (TPSA) is 71.6 Å². The number of benzene rings is 1. The summed E-state index contributed by atoms with van der Waals surface area (Å²) in [5.74, 6) is 1.07. The molecule has 146 valence electrons. The van der Waals surface area contributed by atoms with Crippen molar-refractivity contribution in [2.24, 2.45) is 7.05 Å². The lowest BCUT2D eigenvalue weighted by Crippen LogP contribution is -2.50. The second kappa shape index (κ2) is 7.59. The van der Waals surface area contributed by atoms with Crippen LogP contribution in [0.1, 0.15) is 35.8 Å². The van der Waals surface area contributed by atoms with E-state index in [1.807, 2.05) is 29.2 Å². The van der Waals surface area contributed by atoms with Gasteiger partial charge in [0.25, 0.3) is 11.5 Å². The molecule has 1 fully saturated rings. The molecule has 3 heterocycles. The average Bonchev–Trinajstić information content (AvgIpc) is 3.27. The fourth-order valence-corrected chi connectivity index (χ4v) is 3.93. The number of nitrogens with zero attached hydrogens (tertiary/aromatic N) is 4. The fourth-order valence-electron chi connectivity index (χ4n) is 3.93. The summed E-state index contributed by atoms with van der Waals surface area (Å²) in [5, 5.41) is 0.637. The summed E-state index contributed by atoms with van der Waals surface area (Å²) in [6.07, 6.45) is 2.35. The monoisotopic (exact) mass is 380 g/mol. The van der Waals surface area contributed by atoms with Crippen LogP contribution in [0.3, 0.4) is 0 Å². The normalized spacial score (nSPS) is 16.4. The van der Waals surface area contributed by atoms with Crippen molar-refractivity contribution in [3.8, 4) is 0 Å². The van der Waals surface area contributed by atoms with E-state index in [2.05, 4.69) is 11.8 Å². The zero-order valence-corrected chi connectivity index (χ0v) is 16.2. The van der Waals surface area contributed by atoms with Crippen LogP contribution in [0.4, 0.5) is 0 Å². The summed E-state index contributed by atoms with van der Waals surface area (Å²) in [4.78, 5) is 34.2. The highest BCUT2D eigenvalue weighted by atomic mass is 16.3. The number of furan rings is 1. The first-order chi connectivity index (χ1) is 13.6. The molecule has 1 aliphatic heterocycles. The Balaban J connectivity index is 1.56. The van der Waals surface area contributed by atoms with E-state index in [0.29, 0.717) is 24.2 Å². The van der Waals surface area contributed by atoms with Crippen LogP contribution in [-0.2, 0) is 7.05 Å². The lowest BCUT2D eigenvalue weighted by atomic mass is 10.1. The first kappa shape index (κ1) is 18.4. The Labute approximate surface area is 163 Å². The van der Waals surface area contributed by atoms with Crippen LogP contribution < -0.4 is 5.56 Å². The van der Waals surface area contributed by atoms with Crippen LogP contribution in [0.15, 0.2) is 51.9 Å². The number of hydrogen-bond acceptors (Lipinski definition) is 5. The SMILES string of the molecule is CCC(c1nc2ccccc2c(=O)n1C)N1CCN(C(=O)c2ccco2)CC1. The van der Waals surface area contributed by atoms with Crippen molar-refractivity contribution in [2.45, 2.75) is 19.4 Å². The molecule has 0 N–H and O–H groups in total. The second-order valence-electron chi connectivity index (χ2n) is 7.08. The maximum Gasteiger partial charge on any atom is 0.289 e. The highest BCUT2D eigenvalue weighted by Crippen LogP contribution is 2.24. The number of fused-ring (bicyclic) bond motifs is 1. The van der Waals surface area contributed by atoms with E-state index in [1.54, 1.807) is 23.7 Å². The van der Waals surface area contributed by atoms with E-state index in [4.69, 9.17) is 9.40 Å². The Morgan fingerprint density at radius 3 is 2.57 bits per heavy atom. The lowest BCUT2D eigenvalue weighted by Gasteiger charge is -2.38. The number of piperazine rings is 1. The zero-order chi connectivity index (χ0) is 19.7. The Bertz CT molecular complexity index is 1030. The van der Waals surface area contributed by atoms with Gasteiger partial charge in [0.15, 0.2) is 5.76 Å². The molecule has 1 aromatic carbocycles. The number of rotatable bonds is 4. The molecule has 7 nitrogen and oxygen atoms in total. The standard InChI is InChI=1S/C21H24N4O3/c1-3-17(19-22-16-8-5-4-7-15(16)20(26)23(19)2)24-10-12-25(13-11-24)21(27)18-9-6-14-28-18/h4-9,14,17H,3,10-13H2,1-2H3. The molecule has 2 aromatic heterocycles. The Morgan fingerprint density at radius 2 is 1.89 bits per heavy atom. The van der Waals surface area contributed by atoms with Gasteiger partial charge in [-0.1, -0.05) is 19.1 Å². The van der Waals surface area contributed by atoms with Crippen molar-refractivity contribution in [3.63, 3.8) is 0 Å². The molecule has 1 amide bonds. The molecule has 0 radical (unpaired) electrons. The predicted octanol–water partition coefficient (Wildman–Crippen LogP) is 2.44. The van der Waals surface area contributed by atoms with Gasteiger partial charge < -0.3 is 9.32 Å². The molecule has 3 aromatic rings. The smallest absolute Gasteiger partial charge is 0.289 e. The fraction of sp³-hybridized carbons (Fsp3) is 0.381. The van der Waals surface area contributed by atoms with Gasteiger partial charge in [-0.05, 0) is 30.7 Å². The van der Waals surface area contributed by atoms with E-state index in [0.717, 1.165) is 30.9 Å². The third-order valence-corrected chi connectivity index (χ3v) is 5.48. The van der Waals surface area contributed by atoms with Gasteiger partial charge in [-0.2, -0.15) is 0 Å². The van der Waals surface area contributed by atoms with E-state index >= 15 is 0 Å². The minimum Gasteiger partial charge on any atom is -0.459 e. The quantitative estimate of drug-likeness (QED) is 0.695. The summed E-state index contributed by atoms with van der Waals surface area (Å²) in [6, 6.07) is 10.9. The summed E-state index contributed by atoms with van der Waals surface area (Å²) in [5.41, 5.74) is 0.705. The molecule has 4 rings (SSSR count). The molecular weight excluding hydrogens is 356 g/mol. The maximum atomic E-state index is 12.8. The predicted molar refractivity (Wildman–Crippen MR) is 106 cm³/mol. The maximum absolute atomic E-state index is 12.8. The third-order valence-electron chi connectivity index (χ3n) is 5.48. The van der Waals surface area contributed by atoms with Crippen LogP contribution in [0, 0.1) is 0 Å². The number of para-hydroxylation sites is 1. The molecule has 0 aliphatic carbocycles. The molecule has 1 saturated heterocycles. The van der Waals surface area contributed by atoms with Crippen molar-refractivity contribution in [3.05, 3.63) is 64.6 Å². The van der Waals surface area contributed by atoms with Crippen LogP contribution in [0.2, 0.25) is 0 Å². The van der Waals surface area contributed by atoms with Crippen LogP contribution >= 0.6 is 0 Å². The minimum atomic E-state index is -0.0751. The molecule has 28 heavy (non-hydrogen) atoms. The molecule has 7 heteroatoms. The van der Waals surface area contributed by atoms with E-state index < -0.39 is 0 Å². The van der Waals surface area contributed by atoms with E-state index in [-0.39, 0.29) is 17.5 Å². The van der Waals surface area contributed by atoms with Crippen molar-refractivity contribution < 1.29 is 9.21 Å². The average molecular weight is 380 g/mol. The van der Waals surface area contributed by atoms with Gasteiger partial charge in [-0.15, -0.1) is 0 Å². The van der Waals surface area contributed by atoms with Gasteiger partial charge in [-0.3, -0.25) is 19.1 Å².